The molecule has 8 aliphatic carbocycles. The number of rotatable bonds is 6. The number of allylic oxidation sites excluding steroid dienone is 2. The second kappa shape index (κ2) is 5.90. The van der Waals surface area contributed by atoms with Gasteiger partial charge in [0, 0.05) is 12.8 Å². The first-order valence-corrected chi connectivity index (χ1v) is 12.0. The Kier molecular flexibility index (Phi) is 3.75. The molecule has 0 aromatic carbocycles. The van der Waals surface area contributed by atoms with E-state index < -0.39 is 0 Å². The zero-order valence-electron chi connectivity index (χ0n) is 17.2. The van der Waals surface area contributed by atoms with Gasteiger partial charge in [-0.1, -0.05) is 13.2 Å². The van der Waals surface area contributed by atoms with Crippen molar-refractivity contribution >= 4 is 0 Å². The third-order valence-electron chi connectivity index (χ3n) is 9.76. The minimum absolute atomic E-state index is 0.535. The summed E-state index contributed by atoms with van der Waals surface area (Å²) in [6.07, 6.45) is 20.0. The molecular weight excluding hydrogens is 328 g/mol. The van der Waals surface area contributed by atoms with Crippen LogP contribution in [0.15, 0.2) is 24.7 Å². The average molecular weight is 367 g/mol. The van der Waals surface area contributed by atoms with Gasteiger partial charge in [-0.3, -0.25) is 0 Å². The molecule has 1 nitrogen and oxygen atoms in total. The Morgan fingerprint density at radius 1 is 0.556 bits per heavy atom. The summed E-state index contributed by atoms with van der Waals surface area (Å²) in [7, 11) is 0. The van der Waals surface area contributed by atoms with Crippen molar-refractivity contribution in [3.05, 3.63) is 24.7 Å². The van der Waals surface area contributed by atoms with Gasteiger partial charge in [-0.15, -0.1) is 0 Å². The molecule has 1 heteroatoms. The molecule has 8 rings (SSSR count). The summed E-state index contributed by atoms with van der Waals surface area (Å²) >= 11 is 0. The van der Waals surface area contributed by atoms with E-state index in [0.717, 1.165) is 59.9 Å². The Morgan fingerprint density at radius 3 is 1.07 bits per heavy atom. The van der Waals surface area contributed by atoms with Gasteiger partial charge in [0.2, 0.25) is 0 Å². The van der Waals surface area contributed by atoms with E-state index in [1.54, 1.807) is 0 Å². The van der Waals surface area contributed by atoms with Gasteiger partial charge in [-0.05, 0) is 123 Å². The van der Waals surface area contributed by atoms with E-state index in [-0.39, 0.29) is 0 Å². The summed E-state index contributed by atoms with van der Waals surface area (Å²) in [5, 5.41) is 0. The molecule has 0 unspecified atom stereocenters. The van der Waals surface area contributed by atoms with E-state index in [2.05, 4.69) is 13.2 Å². The van der Waals surface area contributed by atoms with Gasteiger partial charge in [-0.25, -0.2) is 0 Å². The summed E-state index contributed by atoms with van der Waals surface area (Å²) in [5.41, 5.74) is 1.07. The third-order valence-corrected chi connectivity index (χ3v) is 9.76. The van der Waals surface area contributed by atoms with Crippen LogP contribution in [-0.2, 0) is 4.74 Å². The summed E-state index contributed by atoms with van der Waals surface area (Å²) < 4.78 is 6.34. The minimum atomic E-state index is 0.535. The van der Waals surface area contributed by atoms with Crippen molar-refractivity contribution in [2.24, 2.45) is 46.3 Å². The second-order valence-electron chi connectivity index (χ2n) is 12.4. The first-order valence-electron chi connectivity index (χ1n) is 12.0. The lowest BCUT2D eigenvalue weighted by molar-refractivity contribution is -0.0633. The molecule has 0 atom stereocenters. The monoisotopic (exact) mass is 366 g/mol. The molecule has 0 radical (unpaired) electrons. The van der Waals surface area contributed by atoms with Crippen LogP contribution in [0.25, 0.3) is 0 Å². The zero-order valence-corrected chi connectivity index (χ0v) is 17.2. The van der Waals surface area contributed by atoms with E-state index in [1.165, 1.54) is 77.0 Å². The Balaban J connectivity index is 1.08. The molecule has 0 heterocycles. The molecule has 0 saturated heterocycles. The molecule has 0 amide bonds. The molecule has 0 aliphatic heterocycles. The van der Waals surface area contributed by atoms with Crippen molar-refractivity contribution in [3.8, 4) is 0 Å². The Morgan fingerprint density at radius 2 is 0.815 bits per heavy atom. The summed E-state index contributed by atoms with van der Waals surface area (Å²) in [6, 6.07) is 0. The van der Waals surface area contributed by atoms with E-state index >= 15 is 0 Å². The Bertz CT molecular complexity index is 529. The molecule has 0 aromatic heterocycles. The van der Waals surface area contributed by atoms with Crippen LogP contribution < -0.4 is 0 Å². The highest BCUT2D eigenvalue weighted by Gasteiger charge is 2.52. The molecule has 8 aliphatic rings. The molecule has 0 N–H and O–H groups in total. The van der Waals surface area contributed by atoms with Crippen LogP contribution >= 0.6 is 0 Å². The van der Waals surface area contributed by atoms with Gasteiger partial charge in [0.1, 0.15) is 0 Å². The van der Waals surface area contributed by atoms with E-state index in [4.69, 9.17) is 4.74 Å². The topological polar surface area (TPSA) is 9.23 Å². The highest BCUT2D eigenvalue weighted by molar-refractivity contribution is 5.09. The smallest absolute Gasteiger partial charge is 0.0969 e. The lowest BCUT2D eigenvalue weighted by Gasteiger charge is -2.57. The fourth-order valence-electron chi connectivity index (χ4n) is 10.1. The van der Waals surface area contributed by atoms with E-state index in [9.17, 15) is 0 Å². The van der Waals surface area contributed by atoms with Crippen molar-refractivity contribution in [2.45, 2.75) is 89.9 Å². The SMILES string of the molecule is C=C(CC12CC3CC(CC(C3)C1)C2)OC(=C)CC12CC3CC(CC(C3)C1)C2. The van der Waals surface area contributed by atoms with Crippen LogP contribution in [-0.4, -0.2) is 0 Å². The zero-order chi connectivity index (χ0) is 18.2. The van der Waals surface area contributed by atoms with E-state index in [1.807, 2.05) is 0 Å². The van der Waals surface area contributed by atoms with Crippen LogP contribution in [0.3, 0.4) is 0 Å². The maximum atomic E-state index is 6.34. The first-order chi connectivity index (χ1) is 13.0. The molecule has 8 saturated carbocycles. The van der Waals surface area contributed by atoms with Gasteiger partial charge >= 0.3 is 0 Å². The van der Waals surface area contributed by atoms with Crippen LogP contribution in [0.1, 0.15) is 89.9 Å². The number of ether oxygens (including phenoxy) is 1. The maximum absolute atomic E-state index is 6.34. The van der Waals surface area contributed by atoms with Crippen molar-refractivity contribution < 1.29 is 4.74 Å². The fraction of sp³-hybridized carbons (Fsp3) is 0.846. The van der Waals surface area contributed by atoms with Crippen LogP contribution in [0, 0.1) is 46.3 Å². The van der Waals surface area contributed by atoms with Crippen LogP contribution in [0.5, 0.6) is 0 Å². The average Bonchev–Trinajstić information content (AvgIpc) is 2.50. The van der Waals surface area contributed by atoms with Gasteiger partial charge < -0.3 is 4.74 Å². The molecule has 27 heavy (non-hydrogen) atoms. The standard InChI is InChI=1S/C26H38O/c1-17(9-25-11-19-3-20(12-25)5-21(4-19)13-25)27-18(2)10-26-14-22-6-23(15-26)8-24(7-22)16-26/h19-24H,1-16H2. The summed E-state index contributed by atoms with van der Waals surface area (Å²) in [5.74, 6) is 8.15. The molecule has 0 aromatic rings. The predicted octanol–water partition coefficient (Wildman–Crippen LogP) is 7.24. The van der Waals surface area contributed by atoms with Gasteiger partial charge in [0.15, 0.2) is 0 Å². The quantitative estimate of drug-likeness (QED) is 0.450. The lowest BCUT2D eigenvalue weighted by Crippen LogP contribution is -2.46. The highest BCUT2D eigenvalue weighted by atomic mass is 16.5. The largest absolute Gasteiger partial charge is 0.467 e. The number of hydrogen-bond donors (Lipinski definition) is 0. The Hall–Kier alpha value is -0.720. The lowest BCUT2D eigenvalue weighted by atomic mass is 9.48. The fourth-order valence-corrected chi connectivity index (χ4v) is 10.1. The van der Waals surface area contributed by atoms with Crippen LogP contribution in [0.4, 0.5) is 0 Å². The normalized spacial score (nSPS) is 51.6. The van der Waals surface area contributed by atoms with Crippen LogP contribution in [0.2, 0.25) is 0 Å². The first kappa shape index (κ1) is 17.2. The van der Waals surface area contributed by atoms with Gasteiger partial charge in [0.25, 0.3) is 0 Å². The molecule has 148 valence electrons. The number of hydrogen-bond acceptors (Lipinski definition) is 1. The van der Waals surface area contributed by atoms with E-state index in [0.29, 0.717) is 10.8 Å². The van der Waals surface area contributed by atoms with Gasteiger partial charge in [-0.2, -0.15) is 0 Å². The van der Waals surface area contributed by atoms with Crippen molar-refractivity contribution in [3.63, 3.8) is 0 Å². The maximum Gasteiger partial charge on any atom is 0.0969 e. The van der Waals surface area contributed by atoms with Crippen molar-refractivity contribution in [2.75, 3.05) is 0 Å². The second-order valence-corrected chi connectivity index (χ2v) is 12.4. The molecule has 0 spiro atoms. The molecule has 8 bridgehead atoms. The van der Waals surface area contributed by atoms with Gasteiger partial charge in [0.05, 0.1) is 11.5 Å². The van der Waals surface area contributed by atoms with Crippen molar-refractivity contribution in [1.29, 1.82) is 0 Å². The van der Waals surface area contributed by atoms with Crippen molar-refractivity contribution in [1.82, 2.24) is 0 Å². The Labute approximate surface area is 166 Å². The molecular formula is C26H38O. The highest BCUT2D eigenvalue weighted by Crippen LogP contribution is 2.63. The third kappa shape index (κ3) is 3.03. The summed E-state index contributed by atoms with van der Waals surface area (Å²) in [4.78, 5) is 0. The minimum Gasteiger partial charge on any atom is -0.467 e. The molecule has 8 fully saturated rings. The summed E-state index contributed by atoms with van der Waals surface area (Å²) in [6.45, 7) is 8.76. The predicted molar refractivity (Wildman–Crippen MR) is 110 cm³/mol.